The maximum absolute atomic E-state index is 10.4. The predicted molar refractivity (Wildman–Crippen MR) is 60.5 cm³/mol. The molecular weight excluding hydrogens is 224 g/mol. The summed E-state index contributed by atoms with van der Waals surface area (Å²) in [5.41, 5.74) is 1.37. The summed E-state index contributed by atoms with van der Waals surface area (Å²) in [7, 11) is 0. The van der Waals surface area contributed by atoms with Crippen molar-refractivity contribution in [2.75, 3.05) is 6.61 Å². The van der Waals surface area contributed by atoms with Gasteiger partial charge < -0.3 is 20.4 Å². The zero-order valence-electron chi connectivity index (χ0n) is 9.28. The topological polar surface area (TPSA) is 98.0 Å². The Morgan fingerprint density at radius 1 is 1.18 bits per heavy atom. The van der Waals surface area contributed by atoms with E-state index in [0.29, 0.717) is 12.0 Å². The summed E-state index contributed by atoms with van der Waals surface area (Å²) in [6, 6.07) is 6.67. The van der Waals surface area contributed by atoms with Gasteiger partial charge >= 0.3 is 5.97 Å². The molecule has 0 saturated heterocycles. The van der Waals surface area contributed by atoms with E-state index in [4.69, 9.17) is 10.2 Å². The lowest BCUT2D eigenvalue weighted by Crippen LogP contribution is -2.21. The molecule has 0 saturated carbocycles. The Kier molecular flexibility index (Phi) is 5.09. The van der Waals surface area contributed by atoms with E-state index < -0.39 is 24.6 Å². The van der Waals surface area contributed by atoms with E-state index in [-0.39, 0.29) is 6.61 Å². The lowest BCUT2D eigenvalue weighted by molar-refractivity contribution is -0.141. The van der Waals surface area contributed by atoms with Crippen molar-refractivity contribution in [1.82, 2.24) is 0 Å². The fourth-order valence-electron chi connectivity index (χ4n) is 1.52. The van der Waals surface area contributed by atoms with Crippen molar-refractivity contribution in [1.29, 1.82) is 0 Å². The third-order valence-electron chi connectivity index (χ3n) is 2.47. The molecule has 0 radical (unpaired) electrons. The second-order valence-corrected chi connectivity index (χ2v) is 3.83. The smallest absolute Gasteiger partial charge is 0.306 e. The number of carbonyl (C=O) groups is 1. The highest BCUT2D eigenvalue weighted by Gasteiger charge is 2.20. The zero-order valence-corrected chi connectivity index (χ0v) is 9.28. The lowest BCUT2D eigenvalue weighted by Gasteiger charge is -2.16. The Hall–Kier alpha value is -1.43. The van der Waals surface area contributed by atoms with Crippen molar-refractivity contribution in [2.45, 2.75) is 25.0 Å². The number of aliphatic hydroxyl groups is 3. The van der Waals surface area contributed by atoms with Gasteiger partial charge in [0.05, 0.1) is 12.5 Å². The van der Waals surface area contributed by atoms with Crippen molar-refractivity contribution >= 4 is 5.97 Å². The van der Waals surface area contributed by atoms with Crippen LogP contribution in [0.2, 0.25) is 0 Å². The third kappa shape index (κ3) is 4.14. The van der Waals surface area contributed by atoms with Crippen LogP contribution in [0.25, 0.3) is 0 Å². The first kappa shape index (κ1) is 13.6. The molecule has 2 unspecified atom stereocenters. The van der Waals surface area contributed by atoms with Crippen LogP contribution in [0.4, 0.5) is 0 Å². The average molecular weight is 240 g/mol. The number of carboxylic acid groups (broad SMARTS) is 1. The highest BCUT2D eigenvalue weighted by atomic mass is 16.4. The quantitative estimate of drug-likeness (QED) is 0.565. The van der Waals surface area contributed by atoms with Crippen LogP contribution in [0.3, 0.4) is 0 Å². The first-order valence-electron chi connectivity index (χ1n) is 5.32. The van der Waals surface area contributed by atoms with Crippen molar-refractivity contribution in [3.8, 4) is 0 Å². The minimum atomic E-state index is -1.32. The van der Waals surface area contributed by atoms with Crippen molar-refractivity contribution in [3.05, 3.63) is 35.4 Å². The number of rotatable bonds is 6. The van der Waals surface area contributed by atoms with Crippen LogP contribution in [-0.4, -0.2) is 39.1 Å². The molecule has 4 N–H and O–H groups in total. The number of benzene rings is 1. The van der Waals surface area contributed by atoms with Crippen LogP contribution >= 0.6 is 0 Å². The summed E-state index contributed by atoms with van der Waals surface area (Å²) in [4.78, 5) is 10.4. The first-order chi connectivity index (χ1) is 8.04. The van der Waals surface area contributed by atoms with Gasteiger partial charge in [0.25, 0.3) is 0 Å². The van der Waals surface area contributed by atoms with E-state index in [9.17, 15) is 15.0 Å². The van der Waals surface area contributed by atoms with Crippen LogP contribution in [0.1, 0.15) is 23.7 Å². The van der Waals surface area contributed by atoms with Gasteiger partial charge in [-0.15, -0.1) is 0 Å². The van der Waals surface area contributed by atoms with Crippen LogP contribution < -0.4 is 0 Å². The average Bonchev–Trinajstić information content (AvgIpc) is 2.28. The van der Waals surface area contributed by atoms with Gasteiger partial charge in [0.15, 0.2) is 0 Å². The van der Waals surface area contributed by atoms with E-state index in [1.54, 1.807) is 24.3 Å². The summed E-state index contributed by atoms with van der Waals surface area (Å²) in [6.07, 6.45) is -2.52. The number of carboxylic acids is 1. The number of aliphatic carboxylic acids is 1. The van der Waals surface area contributed by atoms with Gasteiger partial charge in [-0.3, -0.25) is 4.79 Å². The van der Waals surface area contributed by atoms with Crippen LogP contribution in [-0.2, 0) is 11.2 Å². The SMILES string of the molecule is O=C(O)CC(O)C(O)c1ccc(CCO)cc1. The summed E-state index contributed by atoms with van der Waals surface area (Å²) < 4.78 is 0. The molecule has 0 bridgehead atoms. The monoisotopic (exact) mass is 240 g/mol. The predicted octanol–water partition coefficient (Wildman–Crippen LogP) is 0.0904. The standard InChI is InChI=1S/C12H16O5/c13-6-5-8-1-3-9(4-2-8)12(17)10(14)7-11(15)16/h1-4,10,12-14,17H,5-7H2,(H,15,16). The minimum Gasteiger partial charge on any atom is -0.481 e. The zero-order chi connectivity index (χ0) is 12.8. The van der Waals surface area contributed by atoms with Gasteiger partial charge in [0, 0.05) is 6.61 Å². The molecule has 0 aromatic heterocycles. The molecular formula is C12H16O5. The Morgan fingerprint density at radius 3 is 2.24 bits per heavy atom. The van der Waals surface area contributed by atoms with Crippen LogP contribution in [0.5, 0.6) is 0 Å². The van der Waals surface area contributed by atoms with Gasteiger partial charge in [0.2, 0.25) is 0 Å². The normalized spacial score (nSPS) is 14.3. The van der Waals surface area contributed by atoms with Gasteiger partial charge in [-0.25, -0.2) is 0 Å². The molecule has 94 valence electrons. The molecule has 17 heavy (non-hydrogen) atoms. The van der Waals surface area contributed by atoms with E-state index in [2.05, 4.69) is 0 Å². The Bertz CT molecular complexity index is 360. The first-order valence-corrected chi connectivity index (χ1v) is 5.32. The molecule has 1 aromatic carbocycles. The second kappa shape index (κ2) is 6.34. The van der Waals surface area contributed by atoms with E-state index >= 15 is 0 Å². The van der Waals surface area contributed by atoms with E-state index in [1.165, 1.54) is 0 Å². The van der Waals surface area contributed by atoms with Crippen molar-refractivity contribution in [2.24, 2.45) is 0 Å². The Balaban J connectivity index is 2.68. The van der Waals surface area contributed by atoms with Crippen LogP contribution in [0.15, 0.2) is 24.3 Å². The summed E-state index contributed by atoms with van der Waals surface area (Å²) >= 11 is 0. The highest BCUT2D eigenvalue weighted by molar-refractivity contribution is 5.67. The Labute approximate surface area is 99.0 Å². The minimum absolute atomic E-state index is 0.0452. The van der Waals surface area contributed by atoms with E-state index in [1.807, 2.05) is 0 Å². The molecule has 1 rings (SSSR count). The van der Waals surface area contributed by atoms with E-state index in [0.717, 1.165) is 5.56 Å². The largest absolute Gasteiger partial charge is 0.481 e. The number of aliphatic hydroxyl groups excluding tert-OH is 3. The number of hydrogen-bond acceptors (Lipinski definition) is 4. The fourth-order valence-corrected chi connectivity index (χ4v) is 1.52. The molecule has 2 atom stereocenters. The van der Waals surface area contributed by atoms with Gasteiger partial charge in [-0.05, 0) is 17.5 Å². The third-order valence-corrected chi connectivity index (χ3v) is 2.47. The van der Waals surface area contributed by atoms with Crippen molar-refractivity contribution < 1.29 is 25.2 Å². The summed E-state index contributed by atoms with van der Waals surface area (Å²) in [6.45, 7) is 0.0452. The molecule has 0 aliphatic heterocycles. The molecule has 5 heteroatoms. The van der Waals surface area contributed by atoms with Gasteiger partial charge in [0.1, 0.15) is 6.10 Å². The molecule has 0 heterocycles. The maximum atomic E-state index is 10.4. The molecule has 0 fully saturated rings. The van der Waals surface area contributed by atoms with Crippen LogP contribution in [0, 0.1) is 0 Å². The Morgan fingerprint density at radius 2 is 1.76 bits per heavy atom. The fraction of sp³-hybridized carbons (Fsp3) is 0.417. The van der Waals surface area contributed by atoms with Gasteiger partial charge in [-0.1, -0.05) is 24.3 Å². The number of hydrogen-bond donors (Lipinski definition) is 4. The second-order valence-electron chi connectivity index (χ2n) is 3.83. The molecule has 0 aliphatic carbocycles. The highest BCUT2D eigenvalue weighted by Crippen LogP contribution is 2.19. The summed E-state index contributed by atoms with van der Waals surface area (Å²) in [5.74, 6) is -1.16. The molecule has 1 aromatic rings. The van der Waals surface area contributed by atoms with Crippen molar-refractivity contribution in [3.63, 3.8) is 0 Å². The van der Waals surface area contributed by atoms with Gasteiger partial charge in [-0.2, -0.15) is 0 Å². The maximum Gasteiger partial charge on any atom is 0.306 e. The molecule has 0 spiro atoms. The molecule has 5 nitrogen and oxygen atoms in total. The summed E-state index contributed by atoms with van der Waals surface area (Å²) in [5, 5.41) is 36.4. The molecule has 0 amide bonds. The lowest BCUT2D eigenvalue weighted by atomic mass is 10.0. The molecule has 0 aliphatic rings.